The zero-order valence-corrected chi connectivity index (χ0v) is 16.0. The number of nitro groups is 1. The number of rotatable bonds is 4. The molecule has 0 aromatic heterocycles. The largest absolute Gasteiger partial charge is 0.466 e. The van der Waals surface area contributed by atoms with Crippen LogP contribution in [0.4, 0.5) is 20.6 Å². The Morgan fingerprint density at radius 2 is 1.90 bits per heavy atom. The van der Waals surface area contributed by atoms with Crippen LogP contribution in [0.1, 0.15) is 18.5 Å². The number of allylic oxidation sites excluding steroid dienone is 1. The number of methoxy groups -OCH3 is 1. The Labute approximate surface area is 165 Å². The smallest absolute Gasteiger partial charge is 0.338 e. The van der Waals surface area contributed by atoms with E-state index in [0.29, 0.717) is 0 Å². The number of carbonyl (C=O) groups is 2. The lowest BCUT2D eigenvalue weighted by atomic mass is 9.93. The van der Waals surface area contributed by atoms with Crippen molar-refractivity contribution in [3.63, 3.8) is 0 Å². The maximum atomic E-state index is 14.5. The fourth-order valence-corrected chi connectivity index (χ4v) is 3.40. The molecule has 2 aromatic rings. The molecule has 1 unspecified atom stereocenters. The third-order valence-corrected chi connectivity index (χ3v) is 4.78. The van der Waals surface area contributed by atoms with Crippen LogP contribution in [0, 0.1) is 15.9 Å². The fraction of sp³-hybridized carbons (Fsp3) is 0.200. The van der Waals surface area contributed by atoms with Gasteiger partial charge >= 0.3 is 12.0 Å². The molecule has 2 amide bonds. The molecule has 0 spiro atoms. The predicted molar refractivity (Wildman–Crippen MR) is 103 cm³/mol. The molecular formula is C20H18FN3O5. The summed E-state index contributed by atoms with van der Waals surface area (Å²) in [5, 5.41) is 11.1. The van der Waals surface area contributed by atoms with Gasteiger partial charge < -0.3 is 9.64 Å². The molecule has 1 heterocycles. The number of nitrogens with zero attached hydrogens (tertiary/aromatic N) is 3. The van der Waals surface area contributed by atoms with Gasteiger partial charge in [-0.2, -0.15) is 0 Å². The van der Waals surface area contributed by atoms with E-state index in [4.69, 9.17) is 4.74 Å². The van der Waals surface area contributed by atoms with Crippen molar-refractivity contribution < 1.29 is 23.6 Å². The number of benzene rings is 2. The molecule has 0 fully saturated rings. The summed E-state index contributed by atoms with van der Waals surface area (Å²) in [5.41, 5.74) is 0.408. The van der Waals surface area contributed by atoms with Gasteiger partial charge in [0.05, 0.1) is 29.3 Å². The van der Waals surface area contributed by atoms with Crippen molar-refractivity contribution in [2.75, 3.05) is 19.1 Å². The number of esters is 1. The topological polar surface area (TPSA) is 93.0 Å². The standard InChI is InChI=1S/C20H18FN3O5/c1-12-17(19(25)29-3)18(15-9-4-5-10-16(15)21)22(2)20(26)23(12)13-7-6-8-14(11-13)24(27)28/h4-11,18H,1-3H3. The molecule has 0 N–H and O–H groups in total. The number of urea groups is 1. The Balaban J connectivity index is 2.24. The van der Waals surface area contributed by atoms with Crippen molar-refractivity contribution in [3.8, 4) is 0 Å². The first-order chi connectivity index (χ1) is 13.8. The molecule has 0 bridgehead atoms. The zero-order valence-electron chi connectivity index (χ0n) is 16.0. The highest BCUT2D eigenvalue weighted by atomic mass is 19.1. The van der Waals surface area contributed by atoms with E-state index in [2.05, 4.69) is 0 Å². The summed E-state index contributed by atoms with van der Waals surface area (Å²) in [6, 6.07) is 9.75. The van der Waals surface area contributed by atoms with Gasteiger partial charge in [-0.25, -0.2) is 14.0 Å². The summed E-state index contributed by atoms with van der Waals surface area (Å²) < 4.78 is 19.4. The molecule has 9 heteroatoms. The van der Waals surface area contributed by atoms with E-state index in [0.717, 1.165) is 0 Å². The second-order valence-corrected chi connectivity index (χ2v) is 6.42. The van der Waals surface area contributed by atoms with Crippen molar-refractivity contribution in [2.24, 2.45) is 0 Å². The van der Waals surface area contributed by atoms with Crippen molar-refractivity contribution in [3.05, 3.63) is 81.3 Å². The van der Waals surface area contributed by atoms with E-state index in [-0.39, 0.29) is 28.2 Å². The van der Waals surface area contributed by atoms with Crippen LogP contribution < -0.4 is 4.90 Å². The molecule has 1 aliphatic heterocycles. The summed E-state index contributed by atoms with van der Waals surface area (Å²) in [4.78, 5) is 38.7. The fourth-order valence-electron chi connectivity index (χ4n) is 3.40. The number of likely N-dealkylation sites (N-methyl/N-ethyl adjacent to an activating group) is 1. The summed E-state index contributed by atoms with van der Waals surface area (Å²) in [7, 11) is 2.62. The minimum absolute atomic E-state index is 0.0613. The number of hydrogen-bond donors (Lipinski definition) is 0. The van der Waals surface area contributed by atoms with E-state index in [1.165, 1.54) is 73.3 Å². The van der Waals surface area contributed by atoms with Crippen LogP contribution in [0.2, 0.25) is 0 Å². The van der Waals surface area contributed by atoms with E-state index >= 15 is 0 Å². The maximum Gasteiger partial charge on any atom is 0.338 e. The minimum atomic E-state index is -1.01. The van der Waals surface area contributed by atoms with Crippen molar-refractivity contribution >= 4 is 23.4 Å². The van der Waals surface area contributed by atoms with Crippen LogP contribution in [-0.2, 0) is 9.53 Å². The van der Waals surface area contributed by atoms with E-state index < -0.39 is 28.8 Å². The van der Waals surface area contributed by atoms with Crippen LogP contribution in [0.3, 0.4) is 0 Å². The van der Waals surface area contributed by atoms with Crippen molar-refractivity contribution in [1.82, 2.24) is 4.90 Å². The van der Waals surface area contributed by atoms with Crippen LogP contribution in [0.15, 0.2) is 59.8 Å². The molecule has 150 valence electrons. The lowest BCUT2D eigenvalue weighted by molar-refractivity contribution is -0.384. The average molecular weight is 399 g/mol. The van der Waals surface area contributed by atoms with Gasteiger partial charge in [-0.15, -0.1) is 0 Å². The lowest BCUT2D eigenvalue weighted by Crippen LogP contribution is -2.49. The molecule has 1 aliphatic rings. The van der Waals surface area contributed by atoms with E-state index in [1.54, 1.807) is 6.07 Å². The monoisotopic (exact) mass is 399 g/mol. The Kier molecular flexibility index (Phi) is 5.31. The third kappa shape index (κ3) is 3.42. The molecule has 0 aliphatic carbocycles. The number of nitro benzene ring substituents is 1. The molecule has 8 nitrogen and oxygen atoms in total. The Morgan fingerprint density at radius 3 is 2.52 bits per heavy atom. The number of amides is 2. The number of carbonyl (C=O) groups excluding carboxylic acids is 2. The summed E-state index contributed by atoms with van der Waals surface area (Å²) in [6.07, 6.45) is 0. The molecule has 29 heavy (non-hydrogen) atoms. The van der Waals surface area contributed by atoms with Crippen LogP contribution in [0.25, 0.3) is 0 Å². The Morgan fingerprint density at radius 1 is 1.21 bits per heavy atom. The number of anilines is 1. The Hall–Kier alpha value is -3.75. The molecule has 1 atom stereocenters. The molecule has 2 aromatic carbocycles. The first kappa shape index (κ1) is 20.0. The molecule has 0 saturated heterocycles. The third-order valence-electron chi connectivity index (χ3n) is 4.78. The highest BCUT2D eigenvalue weighted by molar-refractivity contribution is 6.03. The normalized spacial score (nSPS) is 16.8. The van der Waals surface area contributed by atoms with E-state index in [9.17, 15) is 24.1 Å². The first-order valence-electron chi connectivity index (χ1n) is 8.62. The van der Waals surface area contributed by atoms with Crippen LogP contribution >= 0.6 is 0 Å². The number of non-ortho nitro benzene ring substituents is 1. The quantitative estimate of drug-likeness (QED) is 0.443. The van der Waals surface area contributed by atoms with E-state index in [1.807, 2.05) is 0 Å². The predicted octanol–water partition coefficient (Wildman–Crippen LogP) is 3.79. The van der Waals surface area contributed by atoms with Gasteiger partial charge in [0.25, 0.3) is 5.69 Å². The number of ether oxygens (including phenoxy) is 1. The molecule has 0 saturated carbocycles. The van der Waals surface area contributed by atoms with Gasteiger partial charge in [-0.1, -0.05) is 24.3 Å². The first-order valence-corrected chi connectivity index (χ1v) is 8.62. The van der Waals surface area contributed by atoms with Crippen molar-refractivity contribution in [1.29, 1.82) is 0 Å². The van der Waals surface area contributed by atoms with Gasteiger partial charge in [0, 0.05) is 30.4 Å². The SMILES string of the molecule is COC(=O)C1=C(C)N(c2cccc([N+](=O)[O-])c2)C(=O)N(C)C1c1ccccc1F. The number of halogens is 1. The molecule has 3 rings (SSSR count). The van der Waals surface area contributed by atoms with Gasteiger partial charge in [0.2, 0.25) is 0 Å². The average Bonchev–Trinajstić information content (AvgIpc) is 2.71. The van der Waals surface area contributed by atoms with Gasteiger partial charge in [-0.05, 0) is 19.1 Å². The lowest BCUT2D eigenvalue weighted by Gasteiger charge is -2.40. The van der Waals surface area contributed by atoms with Crippen LogP contribution in [-0.4, -0.2) is 36.0 Å². The zero-order chi connectivity index (χ0) is 21.3. The molecule has 0 radical (unpaired) electrons. The number of hydrogen-bond acceptors (Lipinski definition) is 5. The summed E-state index contributed by atoms with van der Waals surface area (Å²) in [5.74, 6) is -1.30. The Bertz CT molecular complexity index is 1040. The minimum Gasteiger partial charge on any atom is -0.466 e. The van der Waals surface area contributed by atoms with Gasteiger partial charge in [0.1, 0.15) is 5.82 Å². The summed E-state index contributed by atoms with van der Waals surface area (Å²) >= 11 is 0. The maximum absolute atomic E-state index is 14.5. The van der Waals surface area contributed by atoms with Gasteiger partial charge in [0.15, 0.2) is 0 Å². The van der Waals surface area contributed by atoms with Gasteiger partial charge in [-0.3, -0.25) is 15.0 Å². The van der Waals surface area contributed by atoms with Crippen LogP contribution in [0.5, 0.6) is 0 Å². The highest BCUT2D eigenvalue weighted by Gasteiger charge is 2.42. The molecular weight excluding hydrogens is 381 g/mol. The highest BCUT2D eigenvalue weighted by Crippen LogP contribution is 2.40. The second-order valence-electron chi connectivity index (χ2n) is 6.42. The summed E-state index contributed by atoms with van der Waals surface area (Å²) in [6.45, 7) is 1.52. The van der Waals surface area contributed by atoms with Crippen molar-refractivity contribution in [2.45, 2.75) is 13.0 Å². The second kappa shape index (κ2) is 7.70.